The normalized spacial score (nSPS) is 11.7. The largest absolute Gasteiger partial charge is 0.505 e. The van der Waals surface area contributed by atoms with Crippen molar-refractivity contribution in [2.75, 3.05) is 26.9 Å². The van der Waals surface area contributed by atoms with Gasteiger partial charge in [-0.2, -0.15) is 0 Å². The Kier molecular flexibility index (Phi) is 7.38. The fourth-order valence-electron chi connectivity index (χ4n) is 2.40. The van der Waals surface area contributed by atoms with E-state index in [4.69, 9.17) is 18.0 Å². The van der Waals surface area contributed by atoms with Gasteiger partial charge in [-0.3, -0.25) is 0 Å². The molecule has 0 spiro atoms. The molecule has 0 amide bonds. The van der Waals surface area contributed by atoms with Gasteiger partial charge in [0, 0.05) is 25.9 Å². The molecular weight excluding hydrogens is 284 g/mol. The lowest BCUT2D eigenvalue weighted by molar-refractivity contribution is 0.0704. The van der Waals surface area contributed by atoms with Crippen LogP contribution >= 0.6 is 0 Å². The lowest BCUT2D eigenvalue weighted by atomic mass is 10.1. The van der Waals surface area contributed by atoms with Gasteiger partial charge < -0.3 is 18.0 Å². The summed E-state index contributed by atoms with van der Waals surface area (Å²) in [6.07, 6.45) is 0. The second kappa shape index (κ2) is 8.53. The first kappa shape index (κ1) is 18.2. The molecule has 0 fully saturated rings. The third-order valence-electron chi connectivity index (χ3n) is 3.41. The van der Waals surface area contributed by atoms with Crippen LogP contribution in [0.5, 0.6) is 5.75 Å². The molecule has 4 nitrogen and oxygen atoms in total. The molecule has 0 bridgehead atoms. The Morgan fingerprint density at radius 2 is 1.43 bits per heavy atom. The molecule has 1 rings (SSSR count). The summed E-state index contributed by atoms with van der Waals surface area (Å²) < 4.78 is 23.2. The van der Waals surface area contributed by atoms with Gasteiger partial charge in [0.05, 0.1) is 7.11 Å². The molecule has 0 saturated carbocycles. The average molecular weight is 312 g/mol. The summed E-state index contributed by atoms with van der Waals surface area (Å²) >= 11 is 0. The molecule has 0 aliphatic rings. The van der Waals surface area contributed by atoms with E-state index >= 15 is 0 Å². The Bertz CT molecular complexity index is 431. The van der Waals surface area contributed by atoms with E-state index in [9.17, 15) is 0 Å². The highest BCUT2D eigenvalue weighted by Crippen LogP contribution is 2.26. The van der Waals surface area contributed by atoms with Crippen LogP contribution in [0.25, 0.3) is 0 Å². The van der Waals surface area contributed by atoms with Gasteiger partial charge in [-0.05, 0) is 57.4 Å². The fraction of sp³-hybridized carbons (Fsp3) is 0.625. The van der Waals surface area contributed by atoms with Gasteiger partial charge >= 0.3 is 8.80 Å². The van der Waals surface area contributed by atoms with Gasteiger partial charge in [0.15, 0.2) is 0 Å². The van der Waals surface area contributed by atoms with Crippen LogP contribution in [0.2, 0.25) is 0 Å². The van der Waals surface area contributed by atoms with Crippen LogP contribution in [-0.2, 0) is 19.3 Å². The Hall–Kier alpha value is -0.883. The van der Waals surface area contributed by atoms with E-state index in [0.29, 0.717) is 25.9 Å². The van der Waals surface area contributed by atoms with Crippen LogP contribution in [0, 0.1) is 13.8 Å². The van der Waals surface area contributed by atoms with Gasteiger partial charge in [0.25, 0.3) is 0 Å². The highest BCUT2D eigenvalue weighted by molar-refractivity contribution is 6.60. The molecule has 0 heterocycles. The molecule has 5 heteroatoms. The zero-order chi connectivity index (χ0) is 15.9. The van der Waals surface area contributed by atoms with Gasteiger partial charge in [-0.1, -0.05) is 6.07 Å². The molecule has 1 aromatic rings. The summed E-state index contributed by atoms with van der Waals surface area (Å²) in [6.45, 7) is 11.8. The first-order valence-electron chi connectivity index (χ1n) is 7.57. The Labute approximate surface area is 129 Å². The first-order valence-corrected chi connectivity index (χ1v) is 9.51. The van der Waals surface area contributed by atoms with Crippen molar-refractivity contribution in [3.8, 4) is 5.75 Å². The highest BCUT2D eigenvalue weighted by atomic mass is 28.4. The number of rotatable bonds is 9. The van der Waals surface area contributed by atoms with Gasteiger partial charge in [0.1, 0.15) is 5.75 Å². The topological polar surface area (TPSA) is 36.9 Å². The first-order chi connectivity index (χ1) is 10.0. The Morgan fingerprint density at radius 3 is 1.86 bits per heavy atom. The maximum Gasteiger partial charge on any atom is 0.505 e. The average Bonchev–Trinajstić information content (AvgIpc) is 2.43. The van der Waals surface area contributed by atoms with E-state index < -0.39 is 8.80 Å². The van der Waals surface area contributed by atoms with Crippen molar-refractivity contribution in [2.45, 2.75) is 40.7 Å². The summed E-state index contributed by atoms with van der Waals surface area (Å²) in [5.74, 6) is 0.900. The number of benzene rings is 1. The maximum absolute atomic E-state index is 5.91. The zero-order valence-electron chi connectivity index (χ0n) is 14.1. The van der Waals surface area contributed by atoms with Crippen LogP contribution in [-0.4, -0.2) is 35.7 Å². The predicted octanol–water partition coefficient (Wildman–Crippen LogP) is 3.44. The van der Waals surface area contributed by atoms with Crippen molar-refractivity contribution in [1.82, 2.24) is 0 Å². The van der Waals surface area contributed by atoms with Crippen LogP contribution in [0.4, 0.5) is 0 Å². The molecular formula is C16H28O4Si. The van der Waals surface area contributed by atoms with E-state index in [1.165, 1.54) is 5.56 Å². The monoisotopic (exact) mass is 312 g/mol. The van der Waals surface area contributed by atoms with Crippen LogP contribution in [0.3, 0.4) is 0 Å². The standard InChI is InChI=1S/C16H28O4Si/c1-7-18-21(19-8-2,20-9-3)12-15-10-13(4)14(5)16(11-15)17-6/h10-11H,7-9,12H2,1-6H3. The fourth-order valence-corrected chi connectivity index (χ4v) is 4.98. The molecule has 0 aliphatic heterocycles. The van der Waals surface area contributed by atoms with Crippen molar-refractivity contribution >= 4 is 8.80 Å². The summed E-state index contributed by atoms with van der Waals surface area (Å²) in [4.78, 5) is 0. The second-order valence-electron chi connectivity index (χ2n) is 4.90. The number of methoxy groups -OCH3 is 1. The van der Waals surface area contributed by atoms with E-state index in [0.717, 1.165) is 16.9 Å². The second-order valence-corrected chi connectivity index (χ2v) is 7.48. The summed E-state index contributed by atoms with van der Waals surface area (Å²) in [5.41, 5.74) is 3.51. The van der Waals surface area contributed by atoms with Crippen LogP contribution in [0.15, 0.2) is 12.1 Å². The molecule has 120 valence electrons. The van der Waals surface area contributed by atoms with Crippen molar-refractivity contribution in [3.63, 3.8) is 0 Å². The van der Waals surface area contributed by atoms with Crippen LogP contribution in [0.1, 0.15) is 37.5 Å². The van der Waals surface area contributed by atoms with E-state index in [1.807, 2.05) is 20.8 Å². The maximum atomic E-state index is 5.91. The minimum absolute atomic E-state index is 0.591. The molecule has 0 atom stereocenters. The van der Waals surface area contributed by atoms with Crippen molar-refractivity contribution in [2.24, 2.45) is 0 Å². The number of ether oxygens (including phenoxy) is 1. The summed E-state index contributed by atoms with van der Waals surface area (Å²) in [6, 6.07) is 4.89. The molecule has 0 aromatic heterocycles. The lowest BCUT2D eigenvalue weighted by Crippen LogP contribution is -2.48. The molecule has 21 heavy (non-hydrogen) atoms. The molecule has 1 aromatic carbocycles. The van der Waals surface area contributed by atoms with Crippen molar-refractivity contribution in [3.05, 3.63) is 28.8 Å². The van der Waals surface area contributed by atoms with E-state index in [1.54, 1.807) is 7.11 Å². The molecule has 0 aliphatic carbocycles. The lowest BCUT2D eigenvalue weighted by Gasteiger charge is -2.28. The number of hydrogen-bond acceptors (Lipinski definition) is 4. The Morgan fingerprint density at radius 1 is 0.905 bits per heavy atom. The molecule has 0 N–H and O–H groups in total. The van der Waals surface area contributed by atoms with Crippen LogP contribution < -0.4 is 4.74 Å². The third kappa shape index (κ3) is 4.81. The van der Waals surface area contributed by atoms with E-state index in [2.05, 4.69) is 26.0 Å². The van der Waals surface area contributed by atoms with Gasteiger partial charge in [-0.15, -0.1) is 0 Å². The zero-order valence-corrected chi connectivity index (χ0v) is 15.1. The minimum atomic E-state index is -2.67. The molecule has 0 saturated heterocycles. The smallest absolute Gasteiger partial charge is 0.496 e. The van der Waals surface area contributed by atoms with E-state index in [-0.39, 0.29) is 0 Å². The Balaban J connectivity index is 3.09. The summed E-state index contributed by atoms with van der Waals surface area (Å²) in [7, 11) is -0.970. The third-order valence-corrected chi connectivity index (χ3v) is 6.44. The van der Waals surface area contributed by atoms with Gasteiger partial charge in [0.2, 0.25) is 0 Å². The quantitative estimate of drug-likeness (QED) is 0.655. The highest BCUT2D eigenvalue weighted by Gasteiger charge is 2.40. The van der Waals surface area contributed by atoms with Gasteiger partial charge in [-0.25, -0.2) is 0 Å². The van der Waals surface area contributed by atoms with Crippen molar-refractivity contribution in [1.29, 1.82) is 0 Å². The predicted molar refractivity (Wildman–Crippen MR) is 86.8 cm³/mol. The van der Waals surface area contributed by atoms with Crippen molar-refractivity contribution < 1.29 is 18.0 Å². The minimum Gasteiger partial charge on any atom is -0.496 e. The molecule has 0 unspecified atom stereocenters. The number of hydrogen-bond donors (Lipinski definition) is 0. The summed E-state index contributed by atoms with van der Waals surface area (Å²) in [5, 5.41) is 0. The molecule has 0 radical (unpaired) electrons. The SMILES string of the molecule is CCO[Si](Cc1cc(C)c(C)c(OC)c1)(OCC)OCC. The number of aryl methyl sites for hydroxylation is 1.